The predicted molar refractivity (Wildman–Crippen MR) is 60.0 cm³/mol. The Morgan fingerprint density at radius 1 is 1.56 bits per heavy atom. The van der Waals surface area contributed by atoms with Crippen LogP contribution in [0.2, 0.25) is 0 Å². The Labute approximate surface area is 101 Å². The number of halogens is 1. The van der Waals surface area contributed by atoms with Crippen molar-refractivity contribution in [2.75, 3.05) is 25.1 Å². The highest BCUT2D eigenvalue weighted by Gasteiger charge is 2.10. The van der Waals surface area contributed by atoms with Crippen molar-refractivity contribution < 1.29 is 24.0 Å². The second-order valence-corrected chi connectivity index (χ2v) is 3.29. The molecule has 8 heteroatoms. The van der Waals surface area contributed by atoms with Gasteiger partial charge in [0.25, 0.3) is 5.69 Å². The molecule has 1 aromatic carbocycles. The summed E-state index contributed by atoms with van der Waals surface area (Å²) in [6.07, 6.45) is 0. The fourth-order valence-corrected chi connectivity index (χ4v) is 1.18. The first kappa shape index (κ1) is 13.8. The molecular weight excluding hydrogens is 247 g/mol. The number of aliphatic carboxylic acids is 1. The first-order valence-corrected chi connectivity index (χ1v) is 4.98. The minimum absolute atomic E-state index is 0.0860. The molecular formula is C10H11FN2O5. The molecule has 0 amide bonds. The summed E-state index contributed by atoms with van der Waals surface area (Å²) in [4.78, 5) is 19.8. The molecule has 0 aliphatic rings. The summed E-state index contributed by atoms with van der Waals surface area (Å²) in [6.45, 7) is -0.144. The molecule has 0 saturated heterocycles. The van der Waals surface area contributed by atoms with Crippen LogP contribution in [0.15, 0.2) is 18.2 Å². The first-order valence-electron chi connectivity index (χ1n) is 4.98. The molecule has 1 rings (SSSR count). The van der Waals surface area contributed by atoms with Crippen molar-refractivity contribution in [1.82, 2.24) is 0 Å². The third-order valence-corrected chi connectivity index (χ3v) is 1.95. The summed E-state index contributed by atoms with van der Waals surface area (Å²) >= 11 is 0. The number of nitro benzene ring substituents is 1. The minimum Gasteiger partial charge on any atom is -0.480 e. The van der Waals surface area contributed by atoms with Gasteiger partial charge in [-0.1, -0.05) is 0 Å². The summed E-state index contributed by atoms with van der Waals surface area (Å²) in [5, 5.41) is 21.3. The fraction of sp³-hybridized carbons (Fsp3) is 0.300. The normalized spacial score (nSPS) is 10.1. The molecule has 1 aromatic rings. The van der Waals surface area contributed by atoms with Crippen LogP contribution in [0.1, 0.15) is 0 Å². The summed E-state index contributed by atoms with van der Waals surface area (Å²) in [6, 6.07) is 3.22. The number of benzene rings is 1. The number of carboxylic acids is 1. The van der Waals surface area contributed by atoms with Crippen LogP contribution in [0.5, 0.6) is 0 Å². The number of non-ortho nitro benzene ring substituents is 1. The number of carbonyl (C=O) groups is 1. The van der Waals surface area contributed by atoms with Gasteiger partial charge in [-0.25, -0.2) is 9.18 Å². The number of nitrogens with one attached hydrogen (secondary N) is 1. The van der Waals surface area contributed by atoms with Gasteiger partial charge in [-0.3, -0.25) is 10.1 Å². The monoisotopic (exact) mass is 258 g/mol. The number of nitrogens with zero attached hydrogens (tertiary/aromatic N) is 1. The van der Waals surface area contributed by atoms with E-state index in [9.17, 15) is 19.3 Å². The number of carboxylic acid groups (broad SMARTS) is 1. The van der Waals surface area contributed by atoms with E-state index in [0.717, 1.165) is 6.07 Å². The smallest absolute Gasteiger partial charge is 0.329 e. The highest BCUT2D eigenvalue weighted by molar-refractivity contribution is 5.68. The maximum atomic E-state index is 13.3. The van der Waals surface area contributed by atoms with Crippen molar-refractivity contribution in [1.29, 1.82) is 0 Å². The number of anilines is 1. The first-order chi connectivity index (χ1) is 8.50. The van der Waals surface area contributed by atoms with Crippen molar-refractivity contribution in [3.63, 3.8) is 0 Å². The summed E-state index contributed by atoms with van der Waals surface area (Å²) in [7, 11) is 0. The molecule has 0 aliphatic carbocycles. The number of hydrogen-bond acceptors (Lipinski definition) is 5. The molecule has 0 aliphatic heterocycles. The van der Waals surface area contributed by atoms with Gasteiger partial charge in [-0.2, -0.15) is 0 Å². The third kappa shape index (κ3) is 4.34. The molecule has 0 bridgehead atoms. The lowest BCUT2D eigenvalue weighted by atomic mass is 10.2. The molecule has 0 atom stereocenters. The summed E-state index contributed by atoms with van der Waals surface area (Å²) < 4.78 is 18.1. The lowest BCUT2D eigenvalue weighted by molar-refractivity contribution is -0.385. The zero-order chi connectivity index (χ0) is 13.5. The van der Waals surface area contributed by atoms with Gasteiger partial charge in [0, 0.05) is 12.6 Å². The van der Waals surface area contributed by atoms with Gasteiger partial charge >= 0.3 is 5.97 Å². The second kappa shape index (κ2) is 6.50. The lowest BCUT2D eigenvalue weighted by Crippen LogP contribution is -2.14. The van der Waals surface area contributed by atoms with Crippen LogP contribution in [-0.4, -0.2) is 35.8 Å². The van der Waals surface area contributed by atoms with Crippen LogP contribution in [-0.2, 0) is 9.53 Å². The van der Waals surface area contributed by atoms with E-state index in [4.69, 9.17) is 9.84 Å². The van der Waals surface area contributed by atoms with E-state index in [1.54, 1.807) is 0 Å². The van der Waals surface area contributed by atoms with Gasteiger partial charge in [0.15, 0.2) is 5.82 Å². The molecule has 18 heavy (non-hydrogen) atoms. The van der Waals surface area contributed by atoms with Crippen LogP contribution in [0, 0.1) is 15.9 Å². The van der Waals surface area contributed by atoms with Crippen LogP contribution in [0.3, 0.4) is 0 Å². The van der Waals surface area contributed by atoms with Crippen LogP contribution in [0.25, 0.3) is 0 Å². The molecule has 2 N–H and O–H groups in total. The largest absolute Gasteiger partial charge is 0.480 e. The molecule has 0 radical (unpaired) electrons. The van der Waals surface area contributed by atoms with Gasteiger partial charge in [0.2, 0.25) is 0 Å². The number of nitro groups is 1. The molecule has 0 heterocycles. The van der Waals surface area contributed by atoms with Gasteiger partial charge < -0.3 is 15.2 Å². The van der Waals surface area contributed by atoms with Crippen LogP contribution >= 0.6 is 0 Å². The second-order valence-electron chi connectivity index (χ2n) is 3.29. The van der Waals surface area contributed by atoms with E-state index in [1.165, 1.54) is 12.1 Å². The van der Waals surface area contributed by atoms with E-state index in [-0.39, 0.29) is 24.5 Å². The topological polar surface area (TPSA) is 102 Å². The molecule has 0 spiro atoms. The van der Waals surface area contributed by atoms with Gasteiger partial charge in [-0.15, -0.1) is 0 Å². The van der Waals surface area contributed by atoms with Gasteiger partial charge in [0.05, 0.1) is 23.3 Å². The Hall–Kier alpha value is -2.22. The number of ether oxygens (including phenoxy) is 1. The summed E-state index contributed by atoms with van der Waals surface area (Å²) in [5.74, 6) is -1.83. The average molecular weight is 258 g/mol. The van der Waals surface area contributed by atoms with Crippen molar-refractivity contribution in [3.8, 4) is 0 Å². The van der Waals surface area contributed by atoms with E-state index < -0.39 is 23.3 Å². The van der Waals surface area contributed by atoms with E-state index in [2.05, 4.69) is 5.32 Å². The molecule has 98 valence electrons. The van der Waals surface area contributed by atoms with E-state index >= 15 is 0 Å². The predicted octanol–water partition coefficient (Wildman–Crippen LogP) is 1.25. The van der Waals surface area contributed by atoms with E-state index in [0.29, 0.717) is 0 Å². The highest BCUT2D eigenvalue weighted by Crippen LogP contribution is 2.19. The van der Waals surface area contributed by atoms with Gasteiger partial charge in [0.1, 0.15) is 6.61 Å². The quantitative estimate of drug-likeness (QED) is 0.433. The minimum atomic E-state index is -1.09. The van der Waals surface area contributed by atoms with Crippen molar-refractivity contribution in [2.24, 2.45) is 0 Å². The molecule has 0 aromatic heterocycles. The van der Waals surface area contributed by atoms with Crippen molar-refractivity contribution in [3.05, 3.63) is 34.1 Å². The molecule has 7 nitrogen and oxygen atoms in total. The zero-order valence-corrected chi connectivity index (χ0v) is 9.26. The van der Waals surface area contributed by atoms with Crippen molar-refractivity contribution >= 4 is 17.3 Å². The Balaban J connectivity index is 2.43. The third-order valence-electron chi connectivity index (χ3n) is 1.95. The van der Waals surface area contributed by atoms with Crippen LogP contribution < -0.4 is 5.32 Å². The standard InChI is InChI=1S/C10H11FN2O5/c11-8-5-7(13(16)17)1-2-9(8)12-3-4-18-6-10(14)15/h1-2,5,12H,3-4,6H2,(H,14,15). The Morgan fingerprint density at radius 3 is 2.83 bits per heavy atom. The van der Waals surface area contributed by atoms with Gasteiger partial charge in [-0.05, 0) is 6.07 Å². The highest BCUT2D eigenvalue weighted by atomic mass is 19.1. The summed E-state index contributed by atoms with van der Waals surface area (Å²) in [5.41, 5.74) is -0.236. The average Bonchev–Trinajstić information content (AvgIpc) is 2.29. The Kier molecular flexibility index (Phi) is 5.00. The Morgan fingerprint density at radius 2 is 2.28 bits per heavy atom. The SMILES string of the molecule is O=C(O)COCCNc1ccc([N+](=O)[O-])cc1F. The van der Waals surface area contributed by atoms with Crippen LogP contribution in [0.4, 0.5) is 15.8 Å². The van der Waals surface area contributed by atoms with Crippen molar-refractivity contribution in [2.45, 2.75) is 0 Å². The Bertz CT molecular complexity index is 452. The number of rotatable bonds is 7. The molecule has 0 fully saturated rings. The number of hydrogen-bond donors (Lipinski definition) is 2. The maximum absolute atomic E-state index is 13.3. The maximum Gasteiger partial charge on any atom is 0.329 e. The van der Waals surface area contributed by atoms with E-state index in [1.807, 2.05) is 0 Å². The molecule has 0 saturated carbocycles. The molecule has 0 unspecified atom stereocenters. The fourth-order valence-electron chi connectivity index (χ4n) is 1.18. The zero-order valence-electron chi connectivity index (χ0n) is 9.26. The lowest BCUT2D eigenvalue weighted by Gasteiger charge is -2.07.